The van der Waals surface area contributed by atoms with Crippen LogP contribution < -0.4 is 5.59 Å². The van der Waals surface area contributed by atoms with E-state index in [0.29, 0.717) is 0 Å². The Hall–Kier alpha value is -4.06. The first-order chi connectivity index (χ1) is 18.8. The molecule has 7 rings (SSSR count). The van der Waals surface area contributed by atoms with Gasteiger partial charge in [-0.1, -0.05) is 91.0 Å². The number of pyridine rings is 2. The molecule has 1 saturated heterocycles. The molecule has 1 fully saturated rings. The Morgan fingerprint density at radius 2 is 1.15 bits per heavy atom. The van der Waals surface area contributed by atoms with Crippen molar-refractivity contribution in [2.75, 3.05) is 0 Å². The predicted octanol–water partition coefficient (Wildman–Crippen LogP) is 7.57. The van der Waals surface area contributed by atoms with Crippen molar-refractivity contribution in [2.24, 2.45) is 0 Å². The molecule has 0 radical (unpaired) electrons. The number of rotatable bonds is 3. The van der Waals surface area contributed by atoms with Gasteiger partial charge in [0.25, 0.3) is 0 Å². The monoisotopic (exact) mass is 508 g/mol. The van der Waals surface area contributed by atoms with Crippen LogP contribution in [-0.2, 0) is 9.31 Å². The van der Waals surface area contributed by atoms with E-state index in [1.165, 1.54) is 16.7 Å². The standard InChI is InChI=1S/C34H29BN2O2/c1-33(2)34(3,4)39-35(38-33)29-21-19-25-18-20-27-30(24-16-14-23(15-17-24)22-10-6-5-7-11-22)26-12-8-9-13-28(26)36-32(27)31(25)37-29/h5-21H,1-4H3. The van der Waals surface area contributed by atoms with E-state index < -0.39 is 18.3 Å². The molecule has 0 aliphatic carbocycles. The highest BCUT2D eigenvalue weighted by molar-refractivity contribution is 6.61. The topological polar surface area (TPSA) is 44.2 Å². The molecular weight excluding hydrogens is 479 g/mol. The molecule has 0 amide bonds. The number of hydrogen-bond donors (Lipinski definition) is 0. The van der Waals surface area contributed by atoms with Crippen LogP contribution in [0.4, 0.5) is 0 Å². The highest BCUT2D eigenvalue weighted by atomic mass is 16.7. The summed E-state index contributed by atoms with van der Waals surface area (Å²) in [4.78, 5) is 10.2. The fraction of sp³-hybridized carbons (Fsp3) is 0.176. The maximum Gasteiger partial charge on any atom is 0.514 e. The molecule has 39 heavy (non-hydrogen) atoms. The van der Waals surface area contributed by atoms with Gasteiger partial charge in [0.15, 0.2) is 0 Å². The molecule has 6 aromatic rings. The van der Waals surface area contributed by atoms with Crippen LogP contribution in [0.3, 0.4) is 0 Å². The number of hydrogen-bond acceptors (Lipinski definition) is 4. The molecule has 0 N–H and O–H groups in total. The lowest BCUT2D eigenvalue weighted by atomic mass is 9.83. The van der Waals surface area contributed by atoms with Gasteiger partial charge in [-0.05, 0) is 56.5 Å². The van der Waals surface area contributed by atoms with Gasteiger partial charge in [0.1, 0.15) is 0 Å². The normalized spacial score (nSPS) is 16.4. The van der Waals surface area contributed by atoms with Gasteiger partial charge in [0.2, 0.25) is 0 Å². The zero-order valence-corrected chi connectivity index (χ0v) is 22.6. The largest absolute Gasteiger partial charge is 0.514 e. The quantitative estimate of drug-likeness (QED) is 0.141. The molecule has 2 aromatic heterocycles. The highest BCUT2D eigenvalue weighted by Crippen LogP contribution is 2.39. The van der Waals surface area contributed by atoms with Crippen LogP contribution in [0.1, 0.15) is 27.7 Å². The van der Waals surface area contributed by atoms with E-state index in [2.05, 4.69) is 113 Å². The summed E-state index contributed by atoms with van der Waals surface area (Å²) in [6.45, 7) is 8.25. The lowest BCUT2D eigenvalue weighted by Crippen LogP contribution is -2.41. The summed E-state index contributed by atoms with van der Waals surface area (Å²) in [5, 5.41) is 3.24. The number of aromatic nitrogens is 2. The molecule has 0 saturated carbocycles. The second kappa shape index (κ2) is 8.73. The minimum atomic E-state index is -0.528. The van der Waals surface area contributed by atoms with Gasteiger partial charge in [0.05, 0.1) is 33.3 Å². The van der Waals surface area contributed by atoms with Crippen molar-refractivity contribution in [3.63, 3.8) is 0 Å². The van der Waals surface area contributed by atoms with Gasteiger partial charge in [0, 0.05) is 21.7 Å². The van der Waals surface area contributed by atoms with Crippen molar-refractivity contribution in [3.8, 4) is 22.3 Å². The van der Waals surface area contributed by atoms with Gasteiger partial charge < -0.3 is 9.31 Å². The number of fused-ring (bicyclic) bond motifs is 4. The van der Waals surface area contributed by atoms with E-state index in [1.54, 1.807) is 0 Å². The van der Waals surface area contributed by atoms with Crippen LogP contribution in [0.15, 0.2) is 103 Å². The molecule has 190 valence electrons. The summed E-state index contributed by atoms with van der Waals surface area (Å²) < 4.78 is 12.6. The van der Waals surface area contributed by atoms with Crippen LogP contribution in [0, 0.1) is 0 Å². The van der Waals surface area contributed by atoms with E-state index in [9.17, 15) is 0 Å². The summed E-state index contributed by atoms with van der Waals surface area (Å²) >= 11 is 0. The Bertz CT molecular complexity index is 1850. The summed E-state index contributed by atoms with van der Waals surface area (Å²) in [5.41, 5.74) is 7.31. The Morgan fingerprint density at radius 1 is 0.538 bits per heavy atom. The van der Waals surface area contributed by atoms with Crippen molar-refractivity contribution in [1.29, 1.82) is 0 Å². The molecule has 4 nitrogen and oxygen atoms in total. The summed E-state index contributed by atoms with van der Waals surface area (Å²) in [5.74, 6) is 0. The van der Waals surface area contributed by atoms with Crippen molar-refractivity contribution >= 4 is 45.4 Å². The van der Waals surface area contributed by atoms with Crippen LogP contribution in [0.5, 0.6) is 0 Å². The minimum Gasteiger partial charge on any atom is -0.398 e. The summed E-state index contributed by atoms with van der Waals surface area (Å²) in [6, 6.07) is 36.0. The SMILES string of the molecule is CC1(C)OB(c2ccc3ccc4c(-c5ccc(-c6ccccc6)cc5)c5ccccc5nc4c3n2)OC1(C)C. The Morgan fingerprint density at radius 3 is 1.90 bits per heavy atom. The average molecular weight is 508 g/mol. The first-order valence-corrected chi connectivity index (χ1v) is 13.4. The molecule has 0 atom stereocenters. The summed E-state index contributed by atoms with van der Waals surface area (Å²) in [7, 11) is -0.528. The molecule has 0 unspecified atom stereocenters. The van der Waals surface area contributed by atoms with Crippen LogP contribution in [-0.4, -0.2) is 28.3 Å². The smallest absolute Gasteiger partial charge is 0.398 e. The zero-order valence-electron chi connectivity index (χ0n) is 22.6. The van der Waals surface area contributed by atoms with Crippen LogP contribution in [0.2, 0.25) is 0 Å². The first kappa shape index (κ1) is 24.0. The third-order valence-electron chi connectivity index (χ3n) is 8.31. The van der Waals surface area contributed by atoms with Gasteiger partial charge in [-0.25, -0.2) is 4.98 Å². The maximum atomic E-state index is 6.32. The fourth-order valence-corrected chi connectivity index (χ4v) is 5.42. The van der Waals surface area contributed by atoms with Crippen molar-refractivity contribution in [2.45, 2.75) is 38.9 Å². The number of para-hydroxylation sites is 1. The van der Waals surface area contributed by atoms with Crippen molar-refractivity contribution in [3.05, 3.63) is 103 Å². The van der Waals surface area contributed by atoms with Crippen molar-refractivity contribution in [1.82, 2.24) is 9.97 Å². The first-order valence-electron chi connectivity index (χ1n) is 13.4. The average Bonchev–Trinajstić information content (AvgIpc) is 3.18. The van der Waals surface area contributed by atoms with Crippen LogP contribution >= 0.6 is 0 Å². The molecule has 0 spiro atoms. The van der Waals surface area contributed by atoms with E-state index in [-0.39, 0.29) is 0 Å². The van der Waals surface area contributed by atoms with E-state index in [0.717, 1.165) is 43.9 Å². The van der Waals surface area contributed by atoms with E-state index in [4.69, 9.17) is 19.3 Å². The molecule has 5 heteroatoms. The van der Waals surface area contributed by atoms with E-state index in [1.807, 2.05) is 18.2 Å². The number of benzene rings is 4. The molecule has 3 heterocycles. The lowest BCUT2D eigenvalue weighted by Gasteiger charge is -2.32. The van der Waals surface area contributed by atoms with Gasteiger partial charge in [-0.2, -0.15) is 0 Å². The minimum absolute atomic E-state index is 0.430. The Kier molecular flexibility index (Phi) is 5.38. The van der Waals surface area contributed by atoms with E-state index >= 15 is 0 Å². The summed E-state index contributed by atoms with van der Waals surface area (Å²) in [6.07, 6.45) is 0. The second-order valence-electron chi connectivity index (χ2n) is 11.3. The maximum absolute atomic E-state index is 6.32. The van der Waals surface area contributed by atoms with Gasteiger partial charge in [-0.15, -0.1) is 0 Å². The highest BCUT2D eigenvalue weighted by Gasteiger charge is 2.52. The third kappa shape index (κ3) is 3.92. The molecule has 1 aliphatic rings. The van der Waals surface area contributed by atoms with Gasteiger partial charge >= 0.3 is 7.12 Å². The second-order valence-corrected chi connectivity index (χ2v) is 11.3. The Balaban J connectivity index is 1.43. The van der Waals surface area contributed by atoms with Crippen molar-refractivity contribution < 1.29 is 9.31 Å². The molecule has 1 aliphatic heterocycles. The third-order valence-corrected chi connectivity index (χ3v) is 8.31. The molecular formula is C34H29BN2O2. The molecule has 0 bridgehead atoms. The Labute approximate surface area is 228 Å². The number of nitrogens with zero attached hydrogens (tertiary/aromatic N) is 2. The lowest BCUT2D eigenvalue weighted by molar-refractivity contribution is 0.00578. The predicted molar refractivity (Wildman–Crippen MR) is 161 cm³/mol. The fourth-order valence-electron chi connectivity index (χ4n) is 5.42. The zero-order chi connectivity index (χ0) is 26.8. The van der Waals surface area contributed by atoms with Crippen LogP contribution in [0.25, 0.3) is 55.0 Å². The molecule has 4 aromatic carbocycles. The van der Waals surface area contributed by atoms with Gasteiger partial charge in [-0.3, -0.25) is 4.98 Å².